The van der Waals surface area contributed by atoms with Gasteiger partial charge in [-0.1, -0.05) is 6.92 Å². The van der Waals surface area contributed by atoms with E-state index in [0.29, 0.717) is 5.92 Å². The number of piperidine rings is 1. The molecule has 0 N–H and O–H groups in total. The number of nitrogens with zero attached hydrogens (tertiary/aromatic N) is 2. The summed E-state index contributed by atoms with van der Waals surface area (Å²) in [5, 5.41) is 2.14. The molecule has 4 heteroatoms. The lowest BCUT2D eigenvalue weighted by Gasteiger charge is -2.36. The van der Waals surface area contributed by atoms with Crippen LogP contribution in [0.15, 0.2) is 11.4 Å². The molecule has 3 heterocycles. The summed E-state index contributed by atoms with van der Waals surface area (Å²) in [4.78, 5) is 18.0. The molecule has 0 unspecified atom stereocenters. The van der Waals surface area contributed by atoms with Crippen LogP contribution in [0, 0.1) is 5.92 Å². The second-order valence-corrected chi connectivity index (χ2v) is 6.52. The van der Waals surface area contributed by atoms with Crippen LogP contribution in [0.4, 0.5) is 4.79 Å². The number of carbonyl (C=O) groups excluding carboxylic acids is 1. The van der Waals surface area contributed by atoms with Gasteiger partial charge in [0.1, 0.15) is 0 Å². The molecular formula is C14H20N2OS. The molecule has 0 radical (unpaired) electrons. The van der Waals surface area contributed by atoms with Crippen LogP contribution in [0.2, 0.25) is 0 Å². The van der Waals surface area contributed by atoms with Crippen molar-refractivity contribution < 1.29 is 4.79 Å². The van der Waals surface area contributed by atoms with E-state index in [9.17, 15) is 4.79 Å². The van der Waals surface area contributed by atoms with Gasteiger partial charge >= 0.3 is 6.03 Å². The number of fused-ring (bicyclic) bond motifs is 1. The number of amides is 2. The summed E-state index contributed by atoms with van der Waals surface area (Å²) in [6.45, 7) is 5.81. The van der Waals surface area contributed by atoms with E-state index >= 15 is 0 Å². The predicted molar refractivity (Wildman–Crippen MR) is 73.8 cm³/mol. The van der Waals surface area contributed by atoms with E-state index in [1.807, 2.05) is 21.1 Å². The van der Waals surface area contributed by atoms with Crippen LogP contribution < -0.4 is 0 Å². The number of thiophene rings is 1. The van der Waals surface area contributed by atoms with E-state index in [-0.39, 0.29) is 6.03 Å². The third kappa shape index (κ3) is 2.26. The zero-order valence-corrected chi connectivity index (χ0v) is 11.7. The van der Waals surface area contributed by atoms with Crippen molar-refractivity contribution >= 4 is 17.4 Å². The van der Waals surface area contributed by atoms with Crippen LogP contribution in [0.5, 0.6) is 0 Å². The molecule has 3 nitrogen and oxygen atoms in total. The van der Waals surface area contributed by atoms with Crippen LogP contribution in [0.3, 0.4) is 0 Å². The summed E-state index contributed by atoms with van der Waals surface area (Å²) in [5.41, 5.74) is 1.35. The maximum Gasteiger partial charge on any atom is 0.320 e. The number of hydrogen-bond donors (Lipinski definition) is 0. The maximum atomic E-state index is 12.5. The Bertz CT molecular complexity index is 443. The smallest absolute Gasteiger partial charge is 0.320 e. The molecule has 1 fully saturated rings. The maximum absolute atomic E-state index is 12.5. The molecule has 0 spiro atoms. The average Bonchev–Trinajstić information content (AvgIpc) is 2.85. The first-order valence-corrected chi connectivity index (χ1v) is 7.71. The Kier molecular flexibility index (Phi) is 3.29. The van der Waals surface area contributed by atoms with Gasteiger partial charge in [-0.3, -0.25) is 0 Å². The molecule has 0 aromatic carbocycles. The number of carbonyl (C=O) groups is 1. The van der Waals surface area contributed by atoms with Crippen molar-refractivity contribution in [3.05, 3.63) is 21.9 Å². The highest BCUT2D eigenvalue weighted by atomic mass is 32.1. The highest BCUT2D eigenvalue weighted by molar-refractivity contribution is 7.10. The Labute approximate surface area is 112 Å². The fraction of sp³-hybridized carbons (Fsp3) is 0.643. The van der Waals surface area contributed by atoms with Gasteiger partial charge in [0, 0.05) is 31.1 Å². The fourth-order valence-electron chi connectivity index (χ4n) is 2.97. The molecule has 2 aliphatic rings. The van der Waals surface area contributed by atoms with Crippen LogP contribution in [-0.2, 0) is 13.0 Å². The largest absolute Gasteiger partial charge is 0.324 e. The summed E-state index contributed by atoms with van der Waals surface area (Å²) in [6, 6.07) is 2.41. The van der Waals surface area contributed by atoms with Gasteiger partial charge in [-0.2, -0.15) is 0 Å². The predicted octanol–water partition coefficient (Wildman–Crippen LogP) is 2.96. The Morgan fingerprint density at radius 3 is 3.11 bits per heavy atom. The van der Waals surface area contributed by atoms with Crippen LogP contribution in [0.25, 0.3) is 0 Å². The summed E-state index contributed by atoms with van der Waals surface area (Å²) >= 11 is 1.82. The molecule has 18 heavy (non-hydrogen) atoms. The molecule has 2 amide bonds. The standard InChI is InChI=1S/C14H20N2OS/c1-11-3-2-6-15(9-11)14(17)16-7-4-13-12(10-16)5-8-18-13/h5,8,11H,2-4,6-7,9-10H2,1H3/t11-/m0/s1. The van der Waals surface area contributed by atoms with Crippen molar-refractivity contribution in [1.29, 1.82) is 0 Å². The SMILES string of the molecule is C[C@H]1CCCN(C(=O)N2CCc3sccc3C2)C1. The summed E-state index contributed by atoms with van der Waals surface area (Å²) in [7, 11) is 0. The molecule has 0 aliphatic carbocycles. The molecule has 1 saturated heterocycles. The summed E-state index contributed by atoms with van der Waals surface area (Å²) in [5.74, 6) is 0.657. The number of urea groups is 1. The quantitative estimate of drug-likeness (QED) is 0.706. The van der Waals surface area contributed by atoms with Gasteiger partial charge in [0.05, 0.1) is 0 Å². The minimum atomic E-state index is 0.249. The molecule has 2 aliphatic heterocycles. The highest BCUT2D eigenvalue weighted by Crippen LogP contribution is 2.25. The Morgan fingerprint density at radius 2 is 2.28 bits per heavy atom. The fourth-order valence-corrected chi connectivity index (χ4v) is 3.86. The highest BCUT2D eigenvalue weighted by Gasteiger charge is 2.27. The zero-order valence-electron chi connectivity index (χ0n) is 10.9. The van der Waals surface area contributed by atoms with Crippen molar-refractivity contribution in [2.45, 2.75) is 32.7 Å². The second kappa shape index (κ2) is 4.92. The van der Waals surface area contributed by atoms with Crippen molar-refractivity contribution in [1.82, 2.24) is 9.80 Å². The molecule has 98 valence electrons. The molecule has 1 aromatic rings. The van der Waals surface area contributed by atoms with Crippen LogP contribution in [-0.4, -0.2) is 35.5 Å². The van der Waals surface area contributed by atoms with Gasteiger partial charge < -0.3 is 9.80 Å². The van der Waals surface area contributed by atoms with Crippen LogP contribution >= 0.6 is 11.3 Å². The van der Waals surface area contributed by atoms with Gasteiger partial charge in [-0.15, -0.1) is 11.3 Å². The Hall–Kier alpha value is -1.03. The van der Waals surface area contributed by atoms with E-state index in [0.717, 1.165) is 39.0 Å². The average molecular weight is 264 g/mol. The van der Waals surface area contributed by atoms with E-state index < -0.39 is 0 Å². The Balaban J connectivity index is 1.67. The lowest BCUT2D eigenvalue weighted by Crippen LogP contribution is -2.48. The van der Waals surface area contributed by atoms with Gasteiger partial charge in [-0.05, 0) is 42.2 Å². The van der Waals surface area contributed by atoms with Gasteiger partial charge in [0.15, 0.2) is 0 Å². The van der Waals surface area contributed by atoms with Gasteiger partial charge in [-0.25, -0.2) is 4.79 Å². The molecule has 0 saturated carbocycles. The topological polar surface area (TPSA) is 23.6 Å². The van der Waals surface area contributed by atoms with Crippen molar-refractivity contribution in [3.63, 3.8) is 0 Å². The Morgan fingerprint density at radius 1 is 1.39 bits per heavy atom. The van der Waals surface area contributed by atoms with Gasteiger partial charge in [0.25, 0.3) is 0 Å². The molecule has 0 bridgehead atoms. The third-order valence-corrected chi connectivity index (χ3v) is 5.03. The minimum Gasteiger partial charge on any atom is -0.324 e. The molecular weight excluding hydrogens is 244 g/mol. The zero-order chi connectivity index (χ0) is 12.5. The first kappa shape index (κ1) is 12.0. The number of hydrogen-bond acceptors (Lipinski definition) is 2. The van der Waals surface area contributed by atoms with Crippen molar-refractivity contribution in [3.8, 4) is 0 Å². The molecule has 1 aromatic heterocycles. The first-order valence-electron chi connectivity index (χ1n) is 6.83. The third-order valence-electron chi connectivity index (χ3n) is 4.01. The lowest BCUT2D eigenvalue weighted by molar-refractivity contribution is 0.127. The van der Waals surface area contributed by atoms with Crippen molar-refractivity contribution in [2.75, 3.05) is 19.6 Å². The van der Waals surface area contributed by atoms with Gasteiger partial charge in [0.2, 0.25) is 0 Å². The van der Waals surface area contributed by atoms with Crippen LogP contribution in [0.1, 0.15) is 30.2 Å². The first-order chi connectivity index (χ1) is 8.74. The minimum absolute atomic E-state index is 0.249. The monoisotopic (exact) mass is 264 g/mol. The van der Waals surface area contributed by atoms with E-state index in [2.05, 4.69) is 18.4 Å². The number of rotatable bonds is 0. The number of likely N-dealkylation sites (tertiary alicyclic amines) is 1. The summed E-state index contributed by atoms with van der Waals surface area (Å²) < 4.78 is 0. The van der Waals surface area contributed by atoms with E-state index in [4.69, 9.17) is 0 Å². The lowest BCUT2D eigenvalue weighted by atomic mass is 10.0. The van der Waals surface area contributed by atoms with E-state index in [1.165, 1.54) is 16.9 Å². The molecule has 3 rings (SSSR count). The second-order valence-electron chi connectivity index (χ2n) is 5.52. The normalized spacial score (nSPS) is 23.9. The van der Waals surface area contributed by atoms with E-state index in [1.54, 1.807) is 0 Å². The molecule has 1 atom stereocenters. The summed E-state index contributed by atoms with van der Waals surface area (Å²) in [6.07, 6.45) is 3.45. The van der Waals surface area contributed by atoms with Crippen molar-refractivity contribution in [2.24, 2.45) is 5.92 Å².